The van der Waals surface area contributed by atoms with Crippen LogP contribution in [-0.4, -0.2) is 13.2 Å². The third-order valence-electron chi connectivity index (χ3n) is 8.45. The summed E-state index contributed by atoms with van der Waals surface area (Å²) in [5.41, 5.74) is 1.40. The van der Waals surface area contributed by atoms with Crippen LogP contribution in [0.1, 0.15) is 161 Å². The first-order valence-electron chi connectivity index (χ1n) is 18.4. The van der Waals surface area contributed by atoms with E-state index >= 15 is 0 Å². The molecular weight excluding hydrogens is 547 g/mol. The van der Waals surface area contributed by atoms with E-state index in [4.69, 9.17) is 13.6 Å². The maximum absolute atomic E-state index is 6.79. The van der Waals surface area contributed by atoms with E-state index in [-0.39, 0.29) is 0 Å². The van der Waals surface area contributed by atoms with Crippen LogP contribution in [0.15, 0.2) is 54.6 Å². The van der Waals surface area contributed by atoms with Gasteiger partial charge in [0.05, 0.1) is 0 Å². The predicted octanol–water partition coefficient (Wildman–Crippen LogP) is 12.7. The van der Waals surface area contributed by atoms with E-state index in [2.05, 4.69) is 45.0 Å². The van der Waals surface area contributed by atoms with Gasteiger partial charge in [0.1, 0.15) is 0 Å². The third kappa shape index (κ3) is 17.6. The van der Waals surface area contributed by atoms with E-state index < -0.39 is 7.94 Å². The summed E-state index contributed by atoms with van der Waals surface area (Å²) in [5.74, 6) is 0.834. The number of hydrogen-bond donors (Lipinski definition) is 0. The van der Waals surface area contributed by atoms with E-state index in [0.717, 1.165) is 30.3 Å². The zero-order chi connectivity index (χ0) is 30.7. The molecular formula is C39H67O3P. The fourth-order valence-corrected chi connectivity index (χ4v) is 8.16. The minimum atomic E-state index is -3.15. The first-order chi connectivity index (χ1) is 21.2. The van der Waals surface area contributed by atoms with Gasteiger partial charge in [0.2, 0.25) is 0 Å². The van der Waals surface area contributed by atoms with Crippen LogP contribution in [0, 0.1) is 0 Å². The summed E-state index contributed by atoms with van der Waals surface area (Å²) in [4.78, 5) is 0. The van der Waals surface area contributed by atoms with E-state index in [0.29, 0.717) is 13.2 Å². The number of hydrogen-bond acceptors (Lipinski definition) is 3. The Labute approximate surface area is 267 Å². The molecule has 0 aliphatic carbocycles. The molecule has 2 aromatic rings. The van der Waals surface area contributed by atoms with Gasteiger partial charge in [0.15, 0.2) is 0 Å². The second kappa shape index (κ2) is 25.9. The average molecular weight is 615 g/mol. The Morgan fingerprint density at radius 3 is 1.33 bits per heavy atom. The van der Waals surface area contributed by atoms with Gasteiger partial charge in [-0.1, -0.05) is 6.92 Å². The van der Waals surface area contributed by atoms with E-state index in [9.17, 15) is 0 Å². The minimum absolute atomic E-state index is 0.684. The van der Waals surface area contributed by atoms with E-state index in [1.165, 1.54) is 128 Å². The summed E-state index contributed by atoms with van der Waals surface area (Å²) in [6.07, 6.45) is 28.2. The molecule has 2 aromatic carbocycles. The SMILES string of the molecule is CCCCCCCCCO[PH](OCCCCCCCCC)(Oc1ccccc1)c1ccc(CCCCCCCCC)cc1. The molecule has 0 amide bonds. The molecule has 43 heavy (non-hydrogen) atoms. The number of rotatable bonds is 29. The molecule has 0 aliphatic rings. The standard InChI is InChI=1S/C39H67O3P/c1-4-7-10-13-16-19-23-28-37-31-33-39(34-32-37)43(42-38-29-24-22-25-30-38,40-35-26-20-17-14-11-8-5-2)41-36-27-21-18-15-12-9-6-3/h22,24-25,29-34,43H,4-21,23,26-28,35-36H2,1-3H3. The molecule has 0 spiro atoms. The van der Waals surface area contributed by atoms with Crippen LogP contribution in [-0.2, 0) is 15.5 Å². The molecule has 0 saturated carbocycles. The molecule has 0 bridgehead atoms. The summed E-state index contributed by atoms with van der Waals surface area (Å²) in [5, 5.41) is 1.09. The van der Waals surface area contributed by atoms with Crippen molar-refractivity contribution < 1.29 is 13.6 Å². The van der Waals surface area contributed by atoms with Crippen molar-refractivity contribution in [1.29, 1.82) is 0 Å². The predicted molar refractivity (Wildman–Crippen MR) is 191 cm³/mol. The second-order valence-corrected chi connectivity index (χ2v) is 15.0. The van der Waals surface area contributed by atoms with Crippen LogP contribution in [0.5, 0.6) is 5.75 Å². The van der Waals surface area contributed by atoms with Crippen LogP contribution in [0.3, 0.4) is 0 Å². The second-order valence-electron chi connectivity index (χ2n) is 12.5. The summed E-state index contributed by atoms with van der Waals surface area (Å²) in [6.45, 7) is 8.21. The van der Waals surface area contributed by atoms with Gasteiger partial charge >= 0.3 is 261 Å². The van der Waals surface area contributed by atoms with Gasteiger partial charge in [0.25, 0.3) is 0 Å². The molecule has 0 heterocycles. The zero-order valence-corrected chi connectivity index (χ0v) is 29.4. The number of unbranched alkanes of at least 4 members (excludes halogenated alkanes) is 18. The number of benzene rings is 2. The monoisotopic (exact) mass is 614 g/mol. The van der Waals surface area contributed by atoms with Crippen molar-refractivity contribution in [3.63, 3.8) is 0 Å². The van der Waals surface area contributed by atoms with Gasteiger partial charge in [0, 0.05) is 0 Å². The van der Waals surface area contributed by atoms with Crippen molar-refractivity contribution in [2.45, 2.75) is 162 Å². The maximum atomic E-state index is 6.79. The normalized spacial score (nSPS) is 12.1. The Kier molecular flexibility index (Phi) is 22.7. The quantitative estimate of drug-likeness (QED) is 0.0674. The Hall–Kier alpha value is -1.41. The molecule has 0 saturated heterocycles. The Morgan fingerprint density at radius 1 is 0.442 bits per heavy atom. The fraction of sp³-hybridized carbons (Fsp3) is 0.692. The van der Waals surface area contributed by atoms with Crippen molar-refractivity contribution in [2.24, 2.45) is 0 Å². The van der Waals surface area contributed by atoms with Gasteiger partial charge < -0.3 is 0 Å². The molecule has 3 nitrogen and oxygen atoms in total. The van der Waals surface area contributed by atoms with Gasteiger partial charge in [-0.25, -0.2) is 0 Å². The number of aryl methyl sites for hydroxylation is 1. The van der Waals surface area contributed by atoms with Crippen molar-refractivity contribution >= 4 is 13.2 Å². The first kappa shape index (κ1) is 37.8. The number of para-hydroxylation sites is 1. The molecule has 0 atom stereocenters. The van der Waals surface area contributed by atoms with Crippen molar-refractivity contribution in [3.8, 4) is 5.75 Å². The third-order valence-corrected chi connectivity index (χ3v) is 11.2. The molecule has 2 rings (SSSR count). The van der Waals surface area contributed by atoms with Crippen molar-refractivity contribution in [3.05, 3.63) is 60.2 Å². The van der Waals surface area contributed by atoms with Crippen LogP contribution in [0.4, 0.5) is 0 Å². The average Bonchev–Trinajstić information content (AvgIpc) is 3.03. The Bertz CT molecular complexity index is 850. The Morgan fingerprint density at radius 2 is 0.860 bits per heavy atom. The van der Waals surface area contributed by atoms with Crippen LogP contribution >= 0.6 is 7.94 Å². The van der Waals surface area contributed by atoms with E-state index in [1.807, 2.05) is 30.3 Å². The van der Waals surface area contributed by atoms with Gasteiger partial charge in [-0.05, 0) is 0 Å². The summed E-state index contributed by atoms with van der Waals surface area (Å²) < 4.78 is 20.4. The van der Waals surface area contributed by atoms with Crippen molar-refractivity contribution in [1.82, 2.24) is 0 Å². The van der Waals surface area contributed by atoms with Gasteiger partial charge in [-0.2, -0.15) is 0 Å². The van der Waals surface area contributed by atoms with Gasteiger partial charge in [-0.15, -0.1) is 0 Å². The fourth-order valence-electron chi connectivity index (χ4n) is 5.66. The molecule has 4 heteroatoms. The molecule has 0 aliphatic heterocycles. The van der Waals surface area contributed by atoms with E-state index in [1.54, 1.807) is 0 Å². The van der Waals surface area contributed by atoms with Crippen LogP contribution in [0.2, 0.25) is 0 Å². The van der Waals surface area contributed by atoms with Crippen LogP contribution in [0.25, 0.3) is 0 Å². The first-order valence-corrected chi connectivity index (χ1v) is 20.1. The molecule has 246 valence electrons. The summed E-state index contributed by atoms with van der Waals surface area (Å²) in [6, 6.07) is 19.2. The molecule has 0 unspecified atom stereocenters. The zero-order valence-electron chi connectivity index (χ0n) is 28.4. The molecule has 0 radical (unpaired) electrons. The topological polar surface area (TPSA) is 27.7 Å². The van der Waals surface area contributed by atoms with Gasteiger partial charge in [-0.3, -0.25) is 0 Å². The van der Waals surface area contributed by atoms with Crippen molar-refractivity contribution in [2.75, 3.05) is 13.2 Å². The summed E-state index contributed by atoms with van der Waals surface area (Å²) in [7, 11) is -3.15. The summed E-state index contributed by atoms with van der Waals surface area (Å²) >= 11 is 0. The molecule has 0 N–H and O–H groups in total. The molecule has 0 aromatic heterocycles. The van der Waals surface area contributed by atoms with Crippen LogP contribution < -0.4 is 9.83 Å². The molecule has 0 fully saturated rings. The Balaban J connectivity index is 2.06.